The van der Waals surface area contributed by atoms with E-state index < -0.39 is 15.8 Å². The maximum Gasteiger partial charge on any atom is 0.419 e. The number of hydrogen-bond donors (Lipinski definition) is 1. The molecule has 1 aromatic heterocycles. The number of carbonyl (C=O) groups is 1. The van der Waals surface area contributed by atoms with Gasteiger partial charge in [-0.2, -0.15) is 4.31 Å². The lowest BCUT2D eigenvalue weighted by atomic mass is 10.1. The second kappa shape index (κ2) is 8.49. The lowest BCUT2D eigenvalue weighted by Gasteiger charge is -2.15. The van der Waals surface area contributed by atoms with Gasteiger partial charge >= 0.3 is 5.76 Å². The zero-order valence-corrected chi connectivity index (χ0v) is 18.7. The SMILES string of the molecule is O=C(CCn1c(=O)oc2cc(S(=O)(=O)N3CCCC3)ccc21)Nc1cccc2ccccc12. The van der Waals surface area contributed by atoms with Crippen LogP contribution in [-0.4, -0.2) is 36.3 Å². The number of nitrogens with one attached hydrogen (secondary N) is 1. The van der Waals surface area contributed by atoms with Crippen molar-refractivity contribution in [3.63, 3.8) is 0 Å². The Hall–Kier alpha value is -3.43. The predicted octanol–water partition coefficient (Wildman–Crippen LogP) is 3.56. The van der Waals surface area contributed by atoms with E-state index in [0.717, 1.165) is 23.6 Å². The van der Waals surface area contributed by atoms with E-state index in [1.807, 2.05) is 42.5 Å². The van der Waals surface area contributed by atoms with Crippen LogP contribution in [0.2, 0.25) is 0 Å². The van der Waals surface area contributed by atoms with Crippen LogP contribution in [0.5, 0.6) is 0 Å². The summed E-state index contributed by atoms with van der Waals surface area (Å²) >= 11 is 0. The van der Waals surface area contributed by atoms with E-state index in [4.69, 9.17) is 4.42 Å². The van der Waals surface area contributed by atoms with Gasteiger partial charge in [0, 0.05) is 43.2 Å². The number of aryl methyl sites for hydroxylation is 1. The van der Waals surface area contributed by atoms with Gasteiger partial charge in [0.15, 0.2) is 5.58 Å². The molecule has 0 atom stereocenters. The zero-order chi connectivity index (χ0) is 23.0. The fourth-order valence-corrected chi connectivity index (χ4v) is 5.79. The summed E-state index contributed by atoms with van der Waals surface area (Å²) in [6, 6.07) is 17.9. The van der Waals surface area contributed by atoms with E-state index >= 15 is 0 Å². The summed E-state index contributed by atoms with van der Waals surface area (Å²) in [5.41, 5.74) is 1.35. The molecule has 0 bridgehead atoms. The van der Waals surface area contributed by atoms with Crippen molar-refractivity contribution in [2.24, 2.45) is 0 Å². The smallest absolute Gasteiger partial charge is 0.408 e. The third kappa shape index (κ3) is 4.05. The number of sulfonamides is 1. The van der Waals surface area contributed by atoms with E-state index in [1.54, 1.807) is 6.07 Å². The van der Waals surface area contributed by atoms with Gasteiger partial charge in [-0.3, -0.25) is 9.36 Å². The van der Waals surface area contributed by atoms with Crippen molar-refractivity contribution in [2.75, 3.05) is 18.4 Å². The van der Waals surface area contributed by atoms with E-state index in [2.05, 4.69) is 5.32 Å². The molecule has 0 spiro atoms. The van der Waals surface area contributed by atoms with Crippen molar-refractivity contribution in [3.8, 4) is 0 Å². The van der Waals surface area contributed by atoms with Gasteiger partial charge in [0.25, 0.3) is 0 Å². The van der Waals surface area contributed by atoms with Crippen LogP contribution in [0.25, 0.3) is 21.9 Å². The lowest BCUT2D eigenvalue weighted by molar-refractivity contribution is -0.116. The molecule has 0 unspecified atom stereocenters. The molecular formula is C24H23N3O5S. The van der Waals surface area contributed by atoms with Gasteiger partial charge in [0.2, 0.25) is 15.9 Å². The lowest BCUT2D eigenvalue weighted by Crippen LogP contribution is -2.27. The molecule has 0 radical (unpaired) electrons. The fraction of sp³-hybridized carbons (Fsp3) is 0.250. The number of rotatable bonds is 6. The molecule has 5 rings (SSSR count). The van der Waals surface area contributed by atoms with Crippen LogP contribution in [0.3, 0.4) is 0 Å². The minimum atomic E-state index is -3.61. The number of nitrogens with zero attached hydrogens (tertiary/aromatic N) is 2. The molecule has 33 heavy (non-hydrogen) atoms. The first-order chi connectivity index (χ1) is 15.9. The average Bonchev–Trinajstić information content (AvgIpc) is 3.46. The first-order valence-electron chi connectivity index (χ1n) is 10.8. The molecule has 8 nitrogen and oxygen atoms in total. The molecule has 9 heteroatoms. The van der Waals surface area contributed by atoms with E-state index in [9.17, 15) is 18.0 Å². The highest BCUT2D eigenvalue weighted by atomic mass is 32.2. The molecule has 1 fully saturated rings. The molecule has 170 valence electrons. The molecule has 1 N–H and O–H groups in total. The Bertz CT molecular complexity index is 1510. The van der Waals surface area contributed by atoms with Crippen molar-refractivity contribution < 1.29 is 17.6 Å². The average molecular weight is 466 g/mol. The molecular weight excluding hydrogens is 442 g/mol. The molecule has 1 saturated heterocycles. The first kappa shape index (κ1) is 21.4. The van der Waals surface area contributed by atoms with E-state index in [0.29, 0.717) is 24.3 Å². The highest BCUT2D eigenvalue weighted by molar-refractivity contribution is 7.89. The molecule has 1 aliphatic heterocycles. The summed E-state index contributed by atoms with van der Waals surface area (Å²) in [4.78, 5) is 25.1. The summed E-state index contributed by atoms with van der Waals surface area (Å²) in [5.74, 6) is -0.862. The Labute approximate surface area is 190 Å². The first-order valence-corrected chi connectivity index (χ1v) is 12.3. The topological polar surface area (TPSA) is 102 Å². The van der Waals surface area contributed by atoms with Gasteiger partial charge in [-0.15, -0.1) is 0 Å². The number of oxazole rings is 1. The van der Waals surface area contributed by atoms with Gasteiger partial charge < -0.3 is 9.73 Å². The third-order valence-electron chi connectivity index (χ3n) is 5.97. The largest absolute Gasteiger partial charge is 0.419 e. The zero-order valence-electron chi connectivity index (χ0n) is 17.9. The number of hydrogen-bond acceptors (Lipinski definition) is 5. The van der Waals surface area contributed by atoms with Crippen LogP contribution in [-0.2, 0) is 21.4 Å². The van der Waals surface area contributed by atoms with Crippen LogP contribution in [0, 0.1) is 0 Å². The number of amides is 1. The van der Waals surface area contributed by atoms with Gasteiger partial charge in [0.05, 0.1) is 10.4 Å². The summed E-state index contributed by atoms with van der Waals surface area (Å²) in [6.45, 7) is 1.11. The second-order valence-corrected chi connectivity index (χ2v) is 10.0. The van der Waals surface area contributed by atoms with Crippen molar-refractivity contribution in [2.45, 2.75) is 30.7 Å². The second-order valence-electron chi connectivity index (χ2n) is 8.09. The van der Waals surface area contributed by atoms with Gasteiger partial charge in [-0.25, -0.2) is 13.2 Å². The minimum Gasteiger partial charge on any atom is -0.408 e. The Morgan fingerprint density at radius 3 is 2.58 bits per heavy atom. The Morgan fingerprint density at radius 2 is 1.76 bits per heavy atom. The molecule has 3 aromatic carbocycles. The fourth-order valence-electron chi connectivity index (χ4n) is 4.26. The van der Waals surface area contributed by atoms with Crippen molar-refractivity contribution >= 4 is 43.5 Å². The number of carbonyl (C=O) groups excluding carboxylic acids is 1. The van der Waals surface area contributed by atoms with Crippen LogP contribution >= 0.6 is 0 Å². The third-order valence-corrected chi connectivity index (χ3v) is 7.86. The van der Waals surface area contributed by atoms with Crippen LogP contribution in [0.1, 0.15) is 19.3 Å². The standard InChI is InChI=1S/C24H23N3O5S/c28-23(25-20-9-5-7-17-6-1-2-8-19(17)20)12-15-27-21-11-10-18(16-22(21)32-24(27)29)33(30,31)26-13-3-4-14-26/h1-2,5-11,16H,3-4,12-15H2,(H,25,28). The van der Waals surface area contributed by atoms with Crippen LogP contribution < -0.4 is 11.1 Å². The van der Waals surface area contributed by atoms with Gasteiger partial charge in [-0.05, 0) is 36.4 Å². The van der Waals surface area contributed by atoms with Gasteiger partial charge in [0.1, 0.15) is 0 Å². The number of aromatic nitrogens is 1. The molecule has 1 aliphatic rings. The highest BCUT2D eigenvalue weighted by Gasteiger charge is 2.28. The molecule has 0 saturated carbocycles. The summed E-state index contributed by atoms with van der Waals surface area (Å²) < 4.78 is 33.7. The minimum absolute atomic E-state index is 0.0611. The number of anilines is 1. The van der Waals surface area contributed by atoms with Crippen LogP contribution in [0.4, 0.5) is 5.69 Å². The maximum atomic E-state index is 12.8. The Balaban J connectivity index is 1.34. The van der Waals surface area contributed by atoms with E-state index in [-0.39, 0.29) is 29.4 Å². The molecule has 2 heterocycles. The molecule has 4 aromatic rings. The van der Waals surface area contributed by atoms with Gasteiger partial charge in [-0.1, -0.05) is 36.4 Å². The predicted molar refractivity (Wildman–Crippen MR) is 126 cm³/mol. The Morgan fingerprint density at radius 1 is 1.00 bits per heavy atom. The normalized spacial score (nSPS) is 14.8. The Kier molecular flexibility index (Phi) is 5.51. The number of fused-ring (bicyclic) bond motifs is 2. The van der Waals surface area contributed by atoms with Crippen molar-refractivity contribution in [3.05, 3.63) is 71.2 Å². The summed E-state index contributed by atoms with van der Waals surface area (Å²) in [6.07, 6.45) is 1.74. The highest BCUT2D eigenvalue weighted by Crippen LogP contribution is 2.25. The quantitative estimate of drug-likeness (QED) is 0.469. The molecule has 1 amide bonds. The molecule has 0 aliphatic carbocycles. The monoisotopic (exact) mass is 465 g/mol. The summed E-state index contributed by atoms with van der Waals surface area (Å²) in [5, 5.41) is 4.86. The van der Waals surface area contributed by atoms with Crippen LogP contribution in [0.15, 0.2) is 74.8 Å². The number of benzene rings is 3. The maximum absolute atomic E-state index is 12.8. The summed E-state index contributed by atoms with van der Waals surface area (Å²) in [7, 11) is -3.61. The van der Waals surface area contributed by atoms with Crippen molar-refractivity contribution in [1.29, 1.82) is 0 Å². The van der Waals surface area contributed by atoms with Crippen molar-refractivity contribution in [1.82, 2.24) is 8.87 Å². The van der Waals surface area contributed by atoms with E-state index in [1.165, 1.54) is 21.0 Å².